The lowest BCUT2D eigenvalue weighted by molar-refractivity contribution is 0.683. The smallest absolute Gasteiger partial charge is 0.131 e. The summed E-state index contributed by atoms with van der Waals surface area (Å²) < 4.78 is 12.4. The summed E-state index contributed by atoms with van der Waals surface area (Å²) in [6.45, 7) is 1.34. The van der Waals surface area contributed by atoms with Crippen molar-refractivity contribution < 1.29 is 4.21 Å². The van der Waals surface area contributed by atoms with Gasteiger partial charge in [-0.2, -0.15) is 0 Å². The van der Waals surface area contributed by atoms with Crippen molar-refractivity contribution in [1.82, 2.24) is 4.98 Å². The number of hydrogen-bond acceptors (Lipinski definition) is 3. The summed E-state index contributed by atoms with van der Waals surface area (Å²) in [4.78, 5) is 7.77. The van der Waals surface area contributed by atoms with E-state index in [0.29, 0.717) is 28.9 Å². The molecule has 0 aliphatic carbocycles. The Bertz CT molecular complexity index is 961. The van der Waals surface area contributed by atoms with E-state index in [1.807, 2.05) is 48.5 Å². The Labute approximate surface area is 152 Å². The molecule has 2 aromatic carbocycles. The number of halogens is 2. The Morgan fingerprint density at radius 2 is 1.92 bits per heavy atom. The zero-order chi connectivity index (χ0) is 16.7. The van der Waals surface area contributed by atoms with Gasteiger partial charge in [0, 0.05) is 34.1 Å². The number of pyridine rings is 1. The third kappa shape index (κ3) is 2.90. The molecule has 1 atom stereocenters. The first-order valence-corrected chi connectivity index (χ1v) is 9.66. The number of fused-ring (bicyclic) bond motifs is 2. The summed E-state index contributed by atoms with van der Waals surface area (Å²) in [7, 11) is -0.982. The standard InChI is InChI=1S/C18H14Cl2N2OS/c19-13-5-6-16-14(9-13)15(20)10-18(21-16)22-7-8-24(23)17-4-2-1-3-12(17)11-22/h1-6,9-10H,7-8,11H2. The highest BCUT2D eigenvalue weighted by molar-refractivity contribution is 7.85. The van der Waals surface area contributed by atoms with Crippen molar-refractivity contribution in [2.24, 2.45) is 0 Å². The van der Waals surface area contributed by atoms with Crippen LogP contribution in [0.3, 0.4) is 0 Å². The van der Waals surface area contributed by atoms with E-state index < -0.39 is 10.8 Å². The molecule has 0 saturated heterocycles. The zero-order valence-corrected chi connectivity index (χ0v) is 15.0. The molecule has 3 aromatic rings. The quantitative estimate of drug-likeness (QED) is 0.618. The minimum atomic E-state index is -0.982. The van der Waals surface area contributed by atoms with Gasteiger partial charge in [-0.05, 0) is 35.9 Å². The highest BCUT2D eigenvalue weighted by Crippen LogP contribution is 2.31. The van der Waals surface area contributed by atoms with Gasteiger partial charge >= 0.3 is 0 Å². The van der Waals surface area contributed by atoms with Gasteiger partial charge in [0.2, 0.25) is 0 Å². The SMILES string of the molecule is O=S1CCN(c2cc(Cl)c3cc(Cl)ccc3n2)Cc2ccccc21. The lowest BCUT2D eigenvalue weighted by Crippen LogP contribution is -2.25. The Balaban J connectivity index is 1.78. The van der Waals surface area contributed by atoms with Crippen molar-refractivity contribution in [2.45, 2.75) is 11.4 Å². The van der Waals surface area contributed by atoms with Crippen molar-refractivity contribution in [3.05, 3.63) is 64.1 Å². The van der Waals surface area contributed by atoms with Crippen LogP contribution in [0.25, 0.3) is 10.9 Å². The Hall–Kier alpha value is -1.62. The van der Waals surface area contributed by atoms with Crippen LogP contribution in [0.4, 0.5) is 5.82 Å². The average molecular weight is 377 g/mol. The van der Waals surface area contributed by atoms with Crippen LogP contribution in [-0.2, 0) is 17.3 Å². The number of hydrogen-bond donors (Lipinski definition) is 0. The van der Waals surface area contributed by atoms with E-state index in [4.69, 9.17) is 28.2 Å². The maximum absolute atomic E-state index is 12.4. The molecule has 24 heavy (non-hydrogen) atoms. The van der Waals surface area contributed by atoms with Gasteiger partial charge in [-0.1, -0.05) is 41.4 Å². The fourth-order valence-corrected chi connectivity index (χ4v) is 4.63. The maximum atomic E-state index is 12.4. The van der Waals surface area contributed by atoms with E-state index in [0.717, 1.165) is 27.2 Å². The van der Waals surface area contributed by atoms with Gasteiger partial charge in [-0.25, -0.2) is 4.98 Å². The largest absolute Gasteiger partial charge is 0.351 e. The zero-order valence-electron chi connectivity index (χ0n) is 12.7. The Kier molecular flexibility index (Phi) is 4.21. The van der Waals surface area contributed by atoms with Crippen LogP contribution in [0, 0.1) is 0 Å². The van der Waals surface area contributed by atoms with Gasteiger partial charge in [-0.15, -0.1) is 0 Å². The van der Waals surface area contributed by atoms with Crippen LogP contribution in [0.5, 0.6) is 0 Å². The van der Waals surface area contributed by atoms with Gasteiger partial charge in [0.15, 0.2) is 0 Å². The van der Waals surface area contributed by atoms with Gasteiger partial charge in [0.05, 0.1) is 21.3 Å². The minimum Gasteiger partial charge on any atom is -0.351 e. The van der Waals surface area contributed by atoms with E-state index in [-0.39, 0.29) is 0 Å². The van der Waals surface area contributed by atoms with Crippen molar-refractivity contribution in [3.63, 3.8) is 0 Å². The van der Waals surface area contributed by atoms with Crippen molar-refractivity contribution in [3.8, 4) is 0 Å². The minimum absolute atomic E-state index is 0.578. The molecule has 2 heterocycles. The fourth-order valence-electron chi connectivity index (χ4n) is 2.95. The molecule has 3 nitrogen and oxygen atoms in total. The lowest BCUT2D eigenvalue weighted by Gasteiger charge is -2.22. The second-order valence-electron chi connectivity index (χ2n) is 5.70. The summed E-state index contributed by atoms with van der Waals surface area (Å²) in [6.07, 6.45) is 0. The normalized spacial score (nSPS) is 17.6. The van der Waals surface area contributed by atoms with Gasteiger partial charge in [0.25, 0.3) is 0 Å². The molecule has 1 unspecified atom stereocenters. The van der Waals surface area contributed by atoms with Crippen LogP contribution < -0.4 is 4.90 Å². The van der Waals surface area contributed by atoms with E-state index in [1.54, 1.807) is 0 Å². The average Bonchev–Trinajstić information content (AvgIpc) is 2.75. The lowest BCUT2D eigenvalue weighted by atomic mass is 10.2. The van der Waals surface area contributed by atoms with Crippen LogP contribution in [0.15, 0.2) is 53.4 Å². The van der Waals surface area contributed by atoms with Crippen molar-refractivity contribution in [1.29, 1.82) is 0 Å². The van der Waals surface area contributed by atoms with E-state index in [2.05, 4.69) is 4.90 Å². The third-order valence-corrected chi connectivity index (χ3v) is 6.15. The second-order valence-corrected chi connectivity index (χ2v) is 8.09. The predicted octanol–water partition coefficient (Wildman–Crippen LogP) is 4.67. The van der Waals surface area contributed by atoms with E-state index >= 15 is 0 Å². The monoisotopic (exact) mass is 376 g/mol. The Morgan fingerprint density at radius 3 is 2.79 bits per heavy atom. The summed E-state index contributed by atoms with van der Waals surface area (Å²) in [5, 5.41) is 2.10. The van der Waals surface area contributed by atoms with Crippen LogP contribution in [0.2, 0.25) is 10.0 Å². The summed E-state index contributed by atoms with van der Waals surface area (Å²) >= 11 is 12.5. The first-order valence-electron chi connectivity index (χ1n) is 7.59. The molecule has 0 radical (unpaired) electrons. The molecular formula is C18H14Cl2N2OS. The van der Waals surface area contributed by atoms with Crippen LogP contribution >= 0.6 is 23.2 Å². The third-order valence-electron chi connectivity index (χ3n) is 4.16. The molecule has 1 aliphatic heterocycles. The fraction of sp³-hybridized carbons (Fsp3) is 0.167. The molecule has 1 aliphatic rings. The maximum Gasteiger partial charge on any atom is 0.131 e. The van der Waals surface area contributed by atoms with Gasteiger partial charge in [0.1, 0.15) is 5.82 Å². The highest BCUT2D eigenvalue weighted by Gasteiger charge is 2.20. The molecule has 0 saturated carbocycles. The summed E-state index contributed by atoms with van der Waals surface area (Å²) in [6, 6.07) is 15.2. The van der Waals surface area contributed by atoms with Gasteiger partial charge < -0.3 is 4.90 Å². The number of rotatable bonds is 1. The van der Waals surface area contributed by atoms with Crippen molar-refractivity contribution >= 4 is 50.7 Å². The predicted molar refractivity (Wildman–Crippen MR) is 101 cm³/mol. The number of nitrogens with zero attached hydrogens (tertiary/aromatic N) is 2. The molecule has 4 rings (SSSR count). The molecule has 0 fully saturated rings. The summed E-state index contributed by atoms with van der Waals surface area (Å²) in [5.41, 5.74) is 1.88. The van der Waals surface area contributed by atoms with Crippen LogP contribution in [-0.4, -0.2) is 21.5 Å². The molecular weight excluding hydrogens is 363 g/mol. The second kappa shape index (κ2) is 6.36. The highest BCUT2D eigenvalue weighted by atomic mass is 35.5. The summed E-state index contributed by atoms with van der Waals surface area (Å²) in [5.74, 6) is 1.37. The van der Waals surface area contributed by atoms with Gasteiger partial charge in [-0.3, -0.25) is 4.21 Å². The molecule has 0 bridgehead atoms. The van der Waals surface area contributed by atoms with E-state index in [1.165, 1.54) is 0 Å². The first-order chi connectivity index (χ1) is 11.6. The molecule has 6 heteroatoms. The van der Waals surface area contributed by atoms with Crippen LogP contribution in [0.1, 0.15) is 5.56 Å². The Morgan fingerprint density at radius 1 is 1.08 bits per heavy atom. The molecule has 0 spiro atoms. The molecule has 0 N–H and O–H groups in total. The molecule has 0 amide bonds. The number of benzene rings is 2. The number of aromatic nitrogens is 1. The number of anilines is 1. The topological polar surface area (TPSA) is 33.2 Å². The molecule has 122 valence electrons. The first kappa shape index (κ1) is 15.9. The van der Waals surface area contributed by atoms with E-state index in [9.17, 15) is 4.21 Å². The van der Waals surface area contributed by atoms with Crippen molar-refractivity contribution in [2.75, 3.05) is 17.2 Å². The molecule has 1 aromatic heterocycles.